The lowest BCUT2D eigenvalue weighted by Gasteiger charge is -2.27. The van der Waals surface area contributed by atoms with Gasteiger partial charge >= 0.3 is 0 Å². The van der Waals surface area contributed by atoms with Crippen molar-refractivity contribution in [1.29, 1.82) is 0 Å². The molecule has 0 saturated heterocycles. The minimum atomic E-state index is -3.97. The van der Waals surface area contributed by atoms with Crippen LogP contribution in [0.5, 0.6) is 5.75 Å². The number of hydrogen-bond acceptors (Lipinski definition) is 4. The zero-order chi connectivity index (χ0) is 26.4. The molecule has 7 heteroatoms. The molecule has 6 nitrogen and oxygen atoms in total. The molecular formula is C30H30N2O4S. The summed E-state index contributed by atoms with van der Waals surface area (Å²) in [4.78, 5) is 13.6. The van der Waals surface area contributed by atoms with Crippen molar-refractivity contribution in [3.05, 3.63) is 125 Å². The van der Waals surface area contributed by atoms with Gasteiger partial charge in [0.25, 0.3) is 15.9 Å². The van der Waals surface area contributed by atoms with Crippen LogP contribution in [0.4, 0.5) is 5.69 Å². The summed E-state index contributed by atoms with van der Waals surface area (Å²) in [5.41, 5.74) is 3.25. The molecule has 1 amide bonds. The van der Waals surface area contributed by atoms with Gasteiger partial charge in [0, 0.05) is 0 Å². The molecule has 190 valence electrons. The minimum Gasteiger partial charge on any atom is -0.497 e. The third-order valence-electron chi connectivity index (χ3n) is 6.16. The topological polar surface area (TPSA) is 75.7 Å². The van der Waals surface area contributed by atoms with E-state index in [9.17, 15) is 13.2 Å². The van der Waals surface area contributed by atoms with Gasteiger partial charge in [0.1, 0.15) is 5.75 Å². The maximum Gasteiger partial charge on any atom is 0.264 e. The fourth-order valence-electron chi connectivity index (χ4n) is 4.02. The number of ether oxygens (including phenoxy) is 1. The second-order valence-electron chi connectivity index (χ2n) is 8.80. The Morgan fingerprint density at radius 3 is 2.14 bits per heavy atom. The van der Waals surface area contributed by atoms with Crippen molar-refractivity contribution in [2.75, 3.05) is 11.4 Å². The summed E-state index contributed by atoms with van der Waals surface area (Å²) in [6.07, 6.45) is 0. The first kappa shape index (κ1) is 26.0. The van der Waals surface area contributed by atoms with E-state index >= 15 is 0 Å². The van der Waals surface area contributed by atoms with Gasteiger partial charge in [0.05, 0.1) is 35.8 Å². The van der Waals surface area contributed by atoms with Gasteiger partial charge in [-0.1, -0.05) is 72.3 Å². The van der Waals surface area contributed by atoms with Crippen LogP contribution < -0.4 is 14.4 Å². The highest BCUT2D eigenvalue weighted by molar-refractivity contribution is 7.92. The zero-order valence-electron chi connectivity index (χ0n) is 21.1. The third-order valence-corrected chi connectivity index (χ3v) is 7.93. The Morgan fingerprint density at radius 2 is 1.49 bits per heavy atom. The van der Waals surface area contributed by atoms with Crippen LogP contribution >= 0.6 is 0 Å². The number of carbonyl (C=O) groups is 1. The first-order valence-corrected chi connectivity index (χ1v) is 13.4. The standard InChI is InChI=1S/C30H30N2O4S/c1-22-13-19-27(20-14-22)37(34,35)32(21-24-9-5-4-6-10-24)29-12-8-7-11-28(29)30(33)31-23(2)25-15-17-26(36-3)18-16-25/h4-20,23H,21H2,1-3H3,(H,31,33)/t23-/m0/s1. The fourth-order valence-corrected chi connectivity index (χ4v) is 5.49. The van der Waals surface area contributed by atoms with Crippen molar-refractivity contribution in [3.63, 3.8) is 0 Å². The molecule has 0 spiro atoms. The molecule has 0 aliphatic carbocycles. The van der Waals surface area contributed by atoms with E-state index in [2.05, 4.69) is 5.32 Å². The Labute approximate surface area is 218 Å². The summed E-state index contributed by atoms with van der Waals surface area (Å²) in [6.45, 7) is 3.87. The number of rotatable bonds is 9. The van der Waals surface area contributed by atoms with E-state index in [1.54, 1.807) is 55.6 Å². The van der Waals surface area contributed by atoms with Crippen LogP contribution in [0.15, 0.2) is 108 Å². The summed E-state index contributed by atoms with van der Waals surface area (Å²) in [5, 5.41) is 3.01. The quantitative estimate of drug-likeness (QED) is 0.302. The molecule has 4 rings (SSSR count). The summed E-state index contributed by atoms with van der Waals surface area (Å²) in [7, 11) is -2.37. The van der Waals surface area contributed by atoms with Crippen molar-refractivity contribution in [2.24, 2.45) is 0 Å². The fraction of sp³-hybridized carbons (Fsp3) is 0.167. The number of benzene rings is 4. The molecule has 0 aromatic heterocycles. The number of methoxy groups -OCH3 is 1. The second-order valence-corrected chi connectivity index (χ2v) is 10.7. The van der Waals surface area contributed by atoms with Gasteiger partial charge < -0.3 is 10.1 Å². The van der Waals surface area contributed by atoms with Crippen LogP contribution in [-0.4, -0.2) is 21.4 Å². The van der Waals surface area contributed by atoms with Gasteiger partial charge in [-0.2, -0.15) is 0 Å². The van der Waals surface area contributed by atoms with Gasteiger partial charge in [-0.25, -0.2) is 8.42 Å². The lowest BCUT2D eigenvalue weighted by Crippen LogP contribution is -2.34. The summed E-state index contributed by atoms with van der Waals surface area (Å²) in [6, 6.07) is 30.0. The van der Waals surface area contributed by atoms with Gasteiger partial charge in [-0.3, -0.25) is 9.10 Å². The number of nitrogens with zero attached hydrogens (tertiary/aromatic N) is 1. The van der Waals surface area contributed by atoms with Crippen LogP contribution in [0.2, 0.25) is 0 Å². The number of nitrogens with one attached hydrogen (secondary N) is 1. The molecule has 0 unspecified atom stereocenters. The normalized spacial score (nSPS) is 12.0. The number of amides is 1. The van der Waals surface area contributed by atoms with Gasteiger partial charge in [0.2, 0.25) is 0 Å². The van der Waals surface area contributed by atoms with Crippen LogP contribution in [0.25, 0.3) is 0 Å². The maximum absolute atomic E-state index is 13.9. The van der Waals surface area contributed by atoms with Gasteiger partial charge in [-0.05, 0) is 61.4 Å². The molecular weight excluding hydrogens is 484 g/mol. The summed E-state index contributed by atoms with van der Waals surface area (Å²) < 4.78 is 34.3. The summed E-state index contributed by atoms with van der Waals surface area (Å²) in [5.74, 6) is 0.363. The molecule has 0 aliphatic rings. The molecule has 1 N–H and O–H groups in total. The van der Waals surface area contributed by atoms with Gasteiger partial charge in [0.15, 0.2) is 0 Å². The van der Waals surface area contributed by atoms with E-state index in [1.807, 2.05) is 68.4 Å². The molecule has 0 saturated carbocycles. The number of sulfonamides is 1. The monoisotopic (exact) mass is 514 g/mol. The van der Waals surface area contributed by atoms with Crippen LogP contribution in [0.1, 0.15) is 40.0 Å². The second kappa shape index (κ2) is 11.3. The Kier molecular flexibility index (Phi) is 7.94. The summed E-state index contributed by atoms with van der Waals surface area (Å²) >= 11 is 0. The van der Waals surface area contributed by atoms with Gasteiger partial charge in [-0.15, -0.1) is 0 Å². The third kappa shape index (κ3) is 6.01. The highest BCUT2D eigenvalue weighted by Gasteiger charge is 2.29. The number of anilines is 1. The molecule has 0 heterocycles. The number of carbonyl (C=O) groups excluding carboxylic acids is 1. The molecule has 1 atom stereocenters. The number of aryl methyl sites for hydroxylation is 1. The Bertz CT molecular complexity index is 1450. The predicted octanol–water partition coefficient (Wildman–Crippen LogP) is 5.89. The number of para-hydroxylation sites is 1. The van der Waals surface area contributed by atoms with Crippen molar-refractivity contribution in [1.82, 2.24) is 5.32 Å². The predicted molar refractivity (Wildman–Crippen MR) is 146 cm³/mol. The van der Waals surface area contributed by atoms with Crippen LogP contribution in [0.3, 0.4) is 0 Å². The molecule has 0 aliphatic heterocycles. The molecule has 0 bridgehead atoms. The highest BCUT2D eigenvalue weighted by atomic mass is 32.2. The Hall–Kier alpha value is -4.10. The van der Waals surface area contributed by atoms with Crippen LogP contribution in [-0.2, 0) is 16.6 Å². The SMILES string of the molecule is COc1ccc([C@H](C)NC(=O)c2ccccc2N(Cc2ccccc2)S(=O)(=O)c2ccc(C)cc2)cc1. The molecule has 4 aromatic rings. The van der Waals surface area contributed by atoms with Crippen molar-refractivity contribution in [2.45, 2.75) is 31.3 Å². The average Bonchev–Trinajstić information content (AvgIpc) is 2.92. The average molecular weight is 515 g/mol. The highest BCUT2D eigenvalue weighted by Crippen LogP contribution is 2.30. The first-order chi connectivity index (χ1) is 17.8. The Balaban J connectivity index is 1.71. The maximum atomic E-state index is 13.9. The largest absolute Gasteiger partial charge is 0.497 e. The molecule has 37 heavy (non-hydrogen) atoms. The Morgan fingerprint density at radius 1 is 0.865 bits per heavy atom. The van der Waals surface area contributed by atoms with E-state index in [1.165, 1.54) is 4.31 Å². The molecule has 0 radical (unpaired) electrons. The zero-order valence-corrected chi connectivity index (χ0v) is 21.9. The van der Waals surface area contributed by atoms with Crippen molar-refractivity contribution in [3.8, 4) is 5.75 Å². The lowest BCUT2D eigenvalue weighted by atomic mass is 10.1. The first-order valence-electron chi connectivity index (χ1n) is 12.0. The van der Waals surface area contributed by atoms with E-state index in [0.29, 0.717) is 5.69 Å². The number of hydrogen-bond donors (Lipinski definition) is 1. The molecule has 0 fully saturated rings. The van der Waals surface area contributed by atoms with E-state index in [4.69, 9.17) is 4.74 Å². The van der Waals surface area contributed by atoms with E-state index in [-0.39, 0.29) is 29.0 Å². The van der Waals surface area contributed by atoms with Crippen molar-refractivity contribution < 1.29 is 17.9 Å². The minimum absolute atomic E-state index is 0.0787. The van der Waals surface area contributed by atoms with Crippen LogP contribution in [0, 0.1) is 6.92 Å². The van der Waals surface area contributed by atoms with E-state index < -0.39 is 10.0 Å². The van der Waals surface area contributed by atoms with E-state index in [0.717, 1.165) is 22.4 Å². The lowest BCUT2D eigenvalue weighted by molar-refractivity contribution is 0.0940. The molecule has 4 aromatic carbocycles. The van der Waals surface area contributed by atoms with Crippen molar-refractivity contribution >= 4 is 21.6 Å². The smallest absolute Gasteiger partial charge is 0.264 e.